The standard InChI is InChI=1S/C29H34ClN3O4S/c1-20(2)31-29(35)23(5)32(18-24-11-9-10-21(3)16-24)28(34)19-33(27-15-14-25(30)17-22(27)4)38(36,37)26-12-7-6-8-13-26/h6-17,20,23H,18-19H2,1-5H3,(H,31,35). The van der Waals surface area contributed by atoms with E-state index in [0.29, 0.717) is 16.3 Å². The highest BCUT2D eigenvalue weighted by atomic mass is 35.5. The van der Waals surface area contributed by atoms with Crippen molar-refractivity contribution in [3.63, 3.8) is 0 Å². The molecule has 0 aliphatic rings. The minimum absolute atomic E-state index is 0.0537. The quantitative estimate of drug-likeness (QED) is 0.377. The normalized spacial score (nSPS) is 12.2. The lowest BCUT2D eigenvalue weighted by molar-refractivity contribution is -0.139. The SMILES string of the molecule is Cc1cccc(CN(C(=O)CN(c2ccc(Cl)cc2C)S(=O)(=O)c2ccccc2)C(C)C(=O)NC(C)C)c1. The molecule has 3 aromatic carbocycles. The zero-order chi connectivity index (χ0) is 28.0. The van der Waals surface area contributed by atoms with Crippen LogP contribution in [0.25, 0.3) is 0 Å². The molecule has 0 spiro atoms. The Morgan fingerprint density at radius 3 is 2.21 bits per heavy atom. The molecule has 9 heteroatoms. The predicted molar refractivity (Wildman–Crippen MR) is 152 cm³/mol. The molecule has 0 aliphatic carbocycles. The summed E-state index contributed by atoms with van der Waals surface area (Å²) < 4.78 is 28.7. The van der Waals surface area contributed by atoms with Crippen molar-refractivity contribution in [3.05, 3.63) is 94.5 Å². The van der Waals surface area contributed by atoms with E-state index in [2.05, 4.69) is 5.32 Å². The number of hydrogen-bond donors (Lipinski definition) is 1. The first-order valence-corrected chi connectivity index (χ1v) is 14.2. The minimum atomic E-state index is -4.12. The zero-order valence-electron chi connectivity index (χ0n) is 22.3. The van der Waals surface area contributed by atoms with E-state index < -0.39 is 28.5 Å². The summed E-state index contributed by atoms with van der Waals surface area (Å²) in [7, 11) is -4.12. The fraction of sp³-hybridized carbons (Fsp3) is 0.310. The number of amides is 2. The summed E-state index contributed by atoms with van der Waals surface area (Å²) in [5, 5.41) is 3.31. The van der Waals surface area contributed by atoms with Crippen LogP contribution in [0.1, 0.15) is 37.5 Å². The second-order valence-electron chi connectivity index (χ2n) is 9.61. The van der Waals surface area contributed by atoms with E-state index in [1.807, 2.05) is 45.0 Å². The summed E-state index contributed by atoms with van der Waals surface area (Å²) in [4.78, 5) is 28.4. The summed E-state index contributed by atoms with van der Waals surface area (Å²) in [5.41, 5.74) is 2.78. The van der Waals surface area contributed by atoms with Gasteiger partial charge in [-0.15, -0.1) is 0 Å². The highest BCUT2D eigenvalue weighted by molar-refractivity contribution is 7.92. The van der Waals surface area contributed by atoms with Crippen LogP contribution in [0.5, 0.6) is 0 Å². The maximum Gasteiger partial charge on any atom is 0.264 e. The van der Waals surface area contributed by atoms with Crippen molar-refractivity contribution in [1.82, 2.24) is 10.2 Å². The highest BCUT2D eigenvalue weighted by Crippen LogP contribution is 2.29. The molecule has 3 aromatic rings. The summed E-state index contributed by atoms with van der Waals surface area (Å²) >= 11 is 6.14. The first-order valence-electron chi connectivity index (χ1n) is 12.4. The summed E-state index contributed by atoms with van der Waals surface area (Å²) in [6.07, 6.45) is 0. The highest BCUT2D eigenvalue weighted by Gasteiger charge is 2.33. The Balaban J connectivity index is 2.06. The van der Waals surface area contributed by atoms with Crippen LogP contribution >= 0.6 is 11.6 Å². The second kappa shape index (κ2) is 12.5. The summed E-state index contributed by atoms with van der Waals surface area (Å²) in [6.45, 7) is 8.67. The number of halogens is 1. The van der Waals surface area contributed by atoms with Gasteiger partial charge in [-0.3, -0.25) is 13.9 Å². The Labute approximate surface area is 230 Å². The number of sulfonamides is 1. The van der Waals surface area contributed by atoms with Crippen LogP contribution in [0.2, 0.25) is 5.02 Å². The number of rotatable bonds is 10. The molecule has 0 saturated carbocycles. The average molecular weight is 556 g/mol. The Kier molecular flexibility index (Phi) is 9.57. The van der Waals surface area contributed by atoms with E-state index in [0.717, 1.165) is 15.4 Å². The molecule has 1 N–H and O–H groups in total. The molecule has 3 rings (SSSR count). The largest absolute Gasteiger partial charge is 0.352 e. The second-order valence-corrected chi connectivity index (χ2v) is 11.9. The molecule has 202 valence electrons. The Morgan fingerprint density at radius 1 is 0.921 bits per heavy atom. The summed E-state index contributed by atoms with van der Waals surface area (Å²) in [6, 6.07) is 19.5. The number of nitrogens with one attached hydrogen (secondary N) is 1. The predicted octanol–water partition coefficient (Wildman–Crippen LogP) is 5.09. The average Bonchev–Trinajstić information content (AvgIpc) is 2.86. The van der Waals surface area contributed by atoms with Crippen LogP contribution in [0.4, 0.5) is 5.69 Å². The first kappa shape index (κ1) is 29.2. The van der Waals surface area contributed by atoms with Gasteiger partial charge in [0, 0.05) is 17.6 Å². The van der Waals surface area contributed by atoms with E-state index in [-0.39, 0.29) is 23.4 Å². The molecule has 7 nitrogen and oxygen atoms in total. The maximum absolute atomic E-state index is 13.9. The number of nitrogens with zero attached hydrogens (tertiary/aromatic N) is 2. The maximum atomic E-state index is 13.9. The van der Waals surface area contributed by atoms with Crippen LogP contribution in [-0.2, 0) is 26.2 Å². The topological polar surface area (TPSA) is 86.8 Å². The third-order valence-electron chi connectivity index (χ3n) is 6.07. The van der Waals surface area contributed by atoms with E-state index >= 15 is 0 Å². The molecule has 1 atom stereocenters. The van der Waals surface area contributed by atoms with Gasteiger partial charge in [0.2, 0.25) is 11.8 Å². The van der Waals surface area contributed by atoms with Crippen LogP contribution in [-0.4, -0.2) is 43.8 Å². The smallest absolute Gasteiger partial charge is 0.264 e. The number of benzene rings is 3. The lowest BCUT2D eigenvalue weighted by Gasteiger charge is -2.32. The van der Waals surface area contributed by atoms with Gasteiger partial charge < -0.3 is 10.2 Å². The number of aryl methyl sites for hydroxylation is 2. The van der Waals surface area contributed by atoms with Gasteiger partial charge in [-0.2, -0.15) is 0 Å². The van der Waals surface area contributed by atoms with Gasteiger partial charge in [-0.1, -0.05) is 59.6 Å². The molecule has 0 aromatic heterocycles. The molecule has 0 radical (unpaired) electrons. The van der Waals surface area contributed by atoms with Gasteiger partial charge in [0.05, 0.1) is 10.6 Å². The van der Waals surface area contributed by atoms with Crippen molar-refractivity contribution in [3.8, 4) is 0 Å². The van der Waals surface area contributed by atoms with E-state index in [4.69, 9.17) is 11.6 Å². The molecule has 0 aliphatic heterocycles. The third kappa shape index (κ3) is 7.14. The van der Waals surface area contributed by atoms with Gasteiger partial charge in [0.25, 0.3) is 10.0 Å². The fourth-order valence-corrected chi connectivity index (χ4v) is 5.85. The molecule has 38 heavy (non-hydrogen) atoms. The first-order chi connectivity index (χ1) is 17.9. The molecule has 0 saturated heterocycles. The van der Waals surface area contributed by atoms with E-state index in [1.165, 1.54) is 17.0 Å². The van der Waals surface area contributed by atoms with E-state index in [9.17, 15) is 18.0 Å². The van der Waals surface area contributed by atoms with Crippen molar-refractivity contribution >= 4 is 39.1 Å². The molecule has 0 bridgehead atoms. The van der Waals surface area contributed by atoms with Crippen LogP contribution < -0.4 is 9.62 Å². The molecule has 0 heterocycles. The van der Waals surface area contributed by atoms with Crippen molar-refractivity contribution in [2.75, 3.05) is 10.8 Å². The van der Waals surface area contributed by atoms with Gasteiger partial charge in [0.1, 0.15) is 12.6 Å². The molecule has 1 unspecified atom stereocenters. The Bertz CT molecular complexity index is 1390. The lowest BCUT2D eigenvalue weighted by Crippen LogP contribution is -2.52. The van der Waals surface area contributed by atoms with Crippen molar-refractivity contribution in [2.45, 2.75) is 58.1 Å². The number of anilines is 1. The van der Waals surface area contributed by atoms with Gasteiger partial charge in [-0.25, -0.2) is 8.42 Å². The van der Waals surface area contributed by atoms with Crippen molar-refractivity contribution < 1.29 is 18.0 Å². The van der Waals surface area contributed by atoms with Crippen LogP contribution in [0, 0.1) is 13.8 Å². The molecular formula is C29H34ClN3O4S. The Hall–Kier alpha value is -3.36. The number of hydrogen-bond acceptors (Lipinski definition) is 4. The minimum Gasteiger partial charge on any atom is -0.352 e. The summed E-state index contributed by atoms with van der Waals surface area (Å²) in [5.74, 6) is -0.826. The van der Waals surface area contributed by atoms with Crippen molar-refractivity contribution in [1.29, 1.82) is 0 Å². The Morgan fingerprint density at radius 2 is 1.61 bits per heavy atom. The van der Waals surface area contributed by atoms with Crippen LogP contribution in [0.3, 0.4) is 0 Å². The molecule has 2 amide bonds. The number of carbonyl (C=O) groups excluding carboxylic acids is 2. The number of carbonyl (C=O) groups is 2. The monoisotopic (exact) mass is 555 g/mol. The lowest BCUT2D eigenvalue weighted by atomic mass is 10.1. The third-order valence-corrected chi connectivity index (χ3v) is 8.08. The zero-order valence-corrected chi connectivity index (χ0v) is 23.9. The van der Waals surface area contributed by atoms with Gasteiger partial charge >= 0.3 is 0 Å². The fourth-order valence-electron chi connectivity index (χ4n) is 4.13. The molecule has 0 fully saturated rings. The van der Waals surface area contributed by atoms with Gasteiger partial charge in [0.15, 0.2) is 0 Å². The van der Waals surface area contributed by atoms with Crippen LogP contribution in [0.15, 0.2) is 77.7 Å². The molecular weight excluding hydrogens is 522 g/mol. The van der Waals surface area contributed by atoms with Crippen molar-refractivity contribution in [2.24, 2.45) is 0 Å². The van der Waals surface area contributed by atoms with E-state index in [1.54, 1.807) is 50.2 Å². The van der Waals surface area contributed by atoms with Gasteiger partial charge in [-0.05, 0) is 76.1 Å².